The minimum absolute atomic E-state index is 0.0565. The molecule has 0 saturated heterocycles. The first-order valence-electron chi connectivity index (χ1n) is 6.87. The van der Waals surface area contributed by atoms with Crippen molar-refractivity contribution in [3.63, 3.8) is 0 Å². The van der Waals surface area contributed by atoms with Gasteiger partial charge in [-0.3, -0.25) is 4.79 Å². The predicted molar refractivity (Wildman–Crippen MR) is 80.2 cm³/mol. The lowest BCUT2D eigenvalue weighted by atomic mass is 9.93. The number of hydrogen-bond donors (Lipinski definition) is 2. The summed E-state index contributed by atoms with van der Waals surface area (Å²) in [6.07, 6.45) is 1.31. The van der Waals surface area contributed by atoms with Crippen LogP contribution in [-0.2, 0) is 4.79 Å². The molecule has 0 unspecified atom stereocenters. The largest absolute Gasteiger partial charge is 0.373 e. The molecule has 106 valence electrons. The number of likely N-dealkylation sites (N-methyl/N-ethyl adjacent to an activating group) is 1. The number of rotatable bonds is 7. The van der Waals surface area contributed by atoms with Crippen LogP contribution in [0.25, 0.3) is 0 Å². The van der Waals surface area contributed by atoms with Gasteiger partial charge in [0, 0.05) is 25.8 Å². The van der Waals surface area contributed by atoms with Gasteiger partial charge in [0.1, 0.15) is 0 Å². The fraction of sp³-hybridized carbons (Fsp3) is 0.533. The predicted octanol–water partition coefficient (Wildman–Crippen LogP) is 1.76. The molecule has 1 amide bonds. The lowest BCUT2D eigenvalue weighted by Crippen LogP contribution is -2.54. The topological polar surface area (TPSA) is 58.4 Å². The van der Waals surface area contributed by atoms with Crippen molar-refractivity contribution in [1.82, 2.24) is 5.32 Å². The van der Waals surface area contributed by atoms with Gasteiger partial charge in [0.05, 0.1) is 5.54 Å². The molecule has 0 fully saturated rings. The third kappa shape index (κ3) is 4.24. The van der Waals surface area contributed by atoms with Crippen molar-refractivity contribution >= 4 is 11.6 Å². The second-order valence-electron chi connectivity index (χ2n) is 4.88. The Balaban J connectivity index is 2.40. The molecule has 1 aromatic rings. The van der Waals surface area contributed by atoms with Crippen LogP contribution < -0.4 is 16.0 Å². The van der Waals surface area contributed by atoms with E-state index in [4.69, 9.17) is 5.73 Å². The SMILES string of the molecule is CCC(N)(CC)C(=O)NCCN(C)c1ccccc1. The molecule has 0 radical (unpaired) electrons. The van der Waals surface area contributed by atoms with E-state index >= 15 is 0 Å². The van der Waals surface area contributed by atoms with Gasteiger partial charge in [0.15, 0.2) is 0 Å². The standard InChI is InChI=1S/C15H25N3O/c1-4-15(16,5-2)14(19)17-11-12-18(3)13-9-7-6-8-10-13/h6-10H,4-5,11-12,16H2,1-3H3,(H,17,19). The maximum Gasteiger partial charge on any atom is 0.240 e. The smallest absolute Gasteiger partial charge is 0.240 e. The Morgan fingerprint density at radius 3 is 2.37 bits per heavy atom. The van der Waals surface area contributed by atoms with Gasteiger partial charge in [-0.1, -0.05) is 32.0 Å². The van der Waals surface area contributed by atoms with E-state index in [1.54, 1.807) is 0 Å². The number of carbonyl (C=O) groups excluding carboxylic acids is 1. The van der Waals surface area contributed by atoms with Crippen LogP contribution in [-0.4, -0.2) is 31.6 Å². The summed E-state index contributed by atoms with van der Waals surface area (Å²) in [4.78, 5) is 14.1. The zero-order valence-electron chi connectivity index (χ0n) is 12.1. The van der Waals surface area contributed by atoms with Crippen molar-refractivity contribution in [2.45, 2.75) is 32.2 Å². The first kappa shape index (κ1) is 15.5. The molecule has 19 heavy (non-hydrogen) atoms. The monoisotopic (exact) mass is 263 g/mol. The fourth-order valence-electron chi connectivity index (χ4n) is 1.90. The van der Waals surface area contributed by atoms with Crippen LogP contribution in [0.2, 0.25) is 0 Å². The number of benzene rings is 1. The van der Waals surface area contributed by atoms with Crippen LogP contribution in [0.5, 0.6) is 0 Å². The minimum Gasteiger partial charge on any atom is -0.373 e. The van der Waals surface area contributed by atoms with Gasteiger partial charge in [-0.15, -0.1) is 0 Å². The summed E-state index contributed by atoms with van der Waals surface area (Å²) in [5.41, 5.74) is 6.45. The Bertz CT molecular complexity index is 388. The number of nitrogens with two attached hydrogens (primary N) is 1. The summed E-state index contributed by atoms with van der Waals surface area (Å²) in [5.74, 6) is -0.0565. The number of hydrogen-bond acceptors (Lipinski definition) is 3. The van der Waals surface area contributed by atoms with Gasteiger partial charge in [0.25, 0.3) is 0 Å². The summed E-state index contributed by atoms with van der Waals surface area (Å²) in [6, 6.07) is 10.1. The van der Waals surface area contributed by atoms with Gasteiger partial charge in [-0.2, -0.15) is 0 Å². The van der Waals surface area contributed by atoms with Crippen LogP contribution >= 0.6 is 0 Å². The lowest BCUT2D eigenvalue weighted by molar-refractivity contribution is -0.126. The highest BCUT2D eigenvalue weighted by Gasteiger charge is 2.29. The quantitative estimate of drug-likeness (QED) is 0.788. The minimum atomic E-state index is -0.731. The average Bonchev–Trinajstić information content (AvgIpc) is 2.47. The van der Waals surface area contributed by atoms with E-state index in [-0.39, 0.29) is 5.91 Å². The van der Waals surface area contributed by atoms with E-state index in [9.17, 15) is 4.79 Å². The number of nitrogens with one attached hydrogen (secondary N) is 1. The molecule has 0 aliphatic rings. The van der Waals surface area contributed by atoms with Gasteiger partial charge in [-0.25, -0.2) is 0 Å². The van der Waals surface area contributed by atoms with E-state index in [0.717, 1.165) is 12.2 Å². The van der Waals surface area contributed by atoms with Crippen molar-refractivity contribution < 1.29 is 4.79 Å². The maximum atomic E-state index is 12.0. The van der Waals surface area contributed by atoms with Gasteiger partial charge < -0.3 is 16.0 Å². The summed E-state index contributed by atoms with van der Waals surface area (Å²) < 4.78 is 0. The summed E-state index contributed by atoms with van der Waals surface area (Å²) in [5, 5.41) is 2.92. The summed E-state index contributed by atoms with van der Waals surface area (Å²) in [6.45, 7) is 5.25. The molecule has 1 aromatic carbocycles. The number of para-hydroxylation sites is 1. The summed E-state index contributed by atoms with van der Waals surface area (Å²) >= 11 is 0. The van der Waals surface area contributed by atoms with Gasteiger partial charge >= 0.3 is 0 Å². The fourth-order valence-corrected chi connectivity index (χ4v) is 1.90. The number of anilines is 1. The molecule has 1 rings (SSSR count). The first-order chi connectivity index (χ1) is 9.03. The molecule has 0 aliphatic heterocycles. The second-order valence-corrected chi connectivity index (χ2v) is 4.88. The lowest BCUT2D eigenvalue weighted by Gasteiger charge is -2.26. The molecule has 0 heterocycles. The van der Waals surface area contributed by atoms with Crippen LogP contribution in [0.15, 0.2) is 30.3 Å². The molecule has 4 nitrogen and oxygen atoms in total. The zero-order chi connectivity index (χ0) is 14.3. The molecular formula is C15H25N3O. The molecule has 0 spiro atoms. The third-order valence-electron chi connectivity index (χ3n) is 3.64. The van der Waals surface area contributed by atoms with Crippen molar-refractivity contribution in [3.8, 4) is 0 Å². The van der Waals surface area contributed by atoms with Crippen LogP contribution in [0.3, 0.4) is 0 Å². The molecule has 0 bridgehead atoms. The van der Waals surface area contributed by atoms with Crippen molar-refractivity contribution in [1.29, 1.82) is 0 Å². The Hall–Kier alpha value is -1.55. The Morgan fingerprint density at radius 2 is 1.84 bits per heavy atom. The Labute approximate surface area is 116 Å². The van der Waals surface area contributed by atoms with Crippen LogP contribution in [0.1, 0.15) is 26.7 Å². The highest BCUT2D eigenvalue weighted by molar-refractivity contribution is 5.85. The second kappa shape index (κ2) is 7.14. The normalized spacial score (nSPS) is 11.2. The molecule has 0 aliphatic carbocycles. The number of amides is 1. The van der Waals surface area contributed by atoms with Crippen LogP contribution in [0.4, 0.5) is 5.69 Å². The molecule has 4 heteroatoms. The van der Waals surface area contributed by atoms with E-state index in [2.05, 4.69) is 10.2 Å². The van der Waals surface area contributed by atoms with Crippen molar-refractivity contribution in [3.05, 3.63) is 30.3 Å². The van der Waals surface area contributed by atoms with E-state index in [1.807, 2.05) is 51.2 Å². The number of carbonyl (C=O) groups is 1. The Morgan fingerprint density at radius 1 is 1.26 bits per heavy atom. The van der Waals surface area contributed by atoms with E-state index in [0.29, 0.717) is 19.4 Å². The maximum absolute atomic E-state index is 12.0. The average molecular weight is 263 g/mol. The van der Waals surface area contributed by atoms with E-state index < -0.39 is 5.54 Å². The number of nitrogens with zero attached hydrogens (tertiary/aromatic N) is 1. The highest BCUT2D eigenvalue weighted by atomic mass is 16.2. The molecule has 0 saturated carbocycles. The molecule has 0 aromatic heterocycles. The molecular weight excluding hydrogens is 238 g/mol. The third-order valence-corrected chi connectivity index (χ3v) is 3.64. The summed E-state index contributed by atoms with van der Waals surface area (Å²) in [7, 11) is 2.01. The highest BCUT2D eigenvalue weighted by Crippen LogP contribution is 2.12. The van der Waals surface area contributed by atoms with Crippen LogP contribution in [0, 0.1) is 0 Å². The Kier molecular flexibility index (Phi) is 5.83. The van der Waals surface area contributed by atoms with Crippen molar-refractivity contribution in [2.24, 2.45) is 5.73 Å². The molecule has 3 N–H and O–H groups in total. The van der Waals surface area contributed by atoms with Gasteiger partial charge in [-0.05, 0) is 25.0 Å². The van der Waals surface area contributed by atoms with Gasteiger partial charge in [0.2, 0.25) is 5.91 Å². The zero-order valence-corrected chi connectivity index (χ0v) is 12.1. The van der Waals surface area contributed by atoms with Crippen molar-refractivity contribution in [2.75, 3.05) is 25.0 Å². The molecule has 0 atom stereocenters. The first-order valence-corrected chi connectivity index (χ1v) is 6.87. The van der Waals surface area contributed by atoms with E-state index in [1.165, 1.54) is 0 Å².